The molecule has 1 rings (SSSR count). The van der Waals surface area contributed by atoms with Gasteiger partial charge in [-0.05, 0) is 12.6 Å². The zero-order chi connectivity index (χ0) is 8.32. The molecule has 1 aliphatic heterocycles. The van der Waals surface area contributed by atoms with Gasteiger partial charge in [-0.15, -0.1) is 6.58 Å². The molecule has 0 saturated carbocycles. The van der Waals surface area contributed by atoms with Gasteiger partial charge in [0.05, 0.1) is 18.8 Å². The Kier molecular flexibility index (Phi) is 2.35. The average Bonchev–Trinajstić information content (AvgIpc) is 1.95. The van der Waals surface area contributed by atoms with E-state index < -0.39 is 0 Å². The number of likely N-dealkylation sites (N-methyl/N-ethyl adjacent to an activating group) is 1. The lowest BCUT2D eigenvalue weighted by Gasteiger charge is -2.47. The van der Waals surface area contributed by atoms with E-state index in [9.17, 15) is 0 Å². The van der Waals surface area contributed by atoms with Gasteiger partial charge in [0.1, 0.15) is 0 Å². The molecule has 0 aromatic heterocycles. The molecule has 2 nitrogen and oxygen atoms in total. The van der Waals surface area contributed by atoms with Crippen LogP contribution < -0.4 is 0 Å². The molecule has 0 aliphatic carbocycles. The van der Waals surface area contributed by atoms with Crippen molar-refractivity contribution in [3.05, 3.63) is 25.4 Å². The van der Waals surface area contributed by atoms with Crippen LogP contribution in [0.4, 0.5) is 0 Å². The molecule has 0 amide bonds. The smallest absolute Gasteiger partial charge is 0.0892 e. The van der Waals surface area contributed by atoms with E-state index in [1.807, 2.05) is 19.3 Å². The average molecular weight is 153 g/mol. The third-order valence-corrected chi connectivity index (χ3v) is 2.29. The molecule has 62 valence electrons. The minimum absolute atomic E-state index is 0.156. The molecular weight excluding hydrogens is 138 g/mol. The second kappa shape index (κ2) is 3.09. The lowest BCUT2D eigenvalue weighted by atomic mass is 9.92. The molecule has 0 atom stereocenters. The minimum Gasteiger partial charge on any atom is -0.376 e. The molecular formula is C9H15NO. The zero-order valence-electron chi connectivity index (χ0n) is 7.05. The SMILES string of the molecule is C=CCC1(N(C)C=C)COC1. The van der Waals surface area contributed by atoms with Crippen molar-refractivity contribution in [1.29, 1.82) is 0 Å². The van der Waals surface area contributed by atoms with Gasteiger partial charge in [-0.2, -0.15) is 0 Å². The van der Waals surface area contributed by atoms with Crippen LogP contribution in [-0.2, 0) is 4.74 Å². The Morgan fingerprint density at radius 3 is 2.45 bits per heavy atom. The van der Waals surface area contributed by atoms with E-state index in [0.29, 0.717) is 0 Å². The van der Waals surface area contributed by atoms with Gasteiger partial charge in [0.2, 0.25) is 0 Å². The van der Waals surface area contributed by atoms with Crippen LogP contribution in [0.1, 0.15) is 6.42 Å². The molecule has 0 aromatic rings. The maximum atomic E-state index is 5.18. The van der Waals surface area contributed by atoms with E-state index in [-0.39, 0.29) is 5.54 Å². The normalized spacial score (nSPS) is 20.1. The highest BCUT2D eigenvalue weighted by atomic mass is 16.5. The van der Waals surface area contributed by atoms with Crippen molar-refractivity contribution in [2.24, 2.45) is 0 Å². The Morgan fingerprint density at radius 2 is 2.18 bits per heavy atom. The van der Waals surface area contributed by atoms with E-state index in [0.717, 1.165) is 19.6 Å². The van der Waals surface area contributed by atoms with Crippen LogP contribution in [0.5, 0.6) is 0 Å². The molecule has 1 aliphatic rings. The van der Waals surface area contributed by atoms with Gasteiger partial charge in [-0.1, -0.05) is 12.7 Å². The maximum absolute atomic E-state index is 5.18. The molecule has 1 saturated heterocycles. The quantitative estimate of drug-likeness (QED) is 0.566. The van der Waals surface area contributed by atoms with Crippen molar-refractivity contribution in [3.63, 3.8) is 0 Å². The summed E-state index contributed by atoms with van der Waals surface area (Å²) >= 11 is 0. The Labute approximate surface area is 68.1 Å². The van der Waals surface area contributed by atoms with Crippen LogP contribution in [0.3, 0.4) is 0 Å². The summed E-state index contributed by atoms with van der Waals surface area (Å²) in [6, 6.07) is 0. The van der Waals surface area contributed by atoms with Crippen molar-refractivity contribution < 1.29 is 4.74 Å². The molecule has 0 bridgehead atoms. The summed E-state index contributed by atoms with van der Waals surface area (Å²) in [6.07, 6.45) is 4.74. The third-order valence-electron chi connectivity index (χ3n) is 2.29. The molecule has 0 radical (unpaired) electrons. The first kappa shape index (κ1) is 8.34. The number of ether oxygens (including phenoxy) is 1. The molecule has 0 N–H and O–H groups in total. The summed E-state index contributed by atoms with van der Waals surface area (Å²) in [7, 11) is 2.03. The van der Waals surface area contributed by atoms with Crippen LogP contribution in [0, 0.1) is 0 Å². The maximum Gasteiger partial charge on any atom is 0.0892 e. The third kappa shape index (κ3) is 1.31. The number of hydrogen-bond donors (Lipinski definition) is 0. The van der Waals surface area contributed by atoms with Crippen LogP contribution in [0.15, 0.2) is 25.4 Å². The lowest BCUT2D eigenvalue weighted by Crippen LogP contribution is -2.58. The second-order valence-corrected chi connectivity index (χ2v) is 3.00. The molecule has 0 aromatic carbocycles. The molecule has 0 unspecified atom stereocenters. The van der Waals surface area contributed by atoms with E-state index in [4.69, 9.17) is 4.74 Å². The minimum atomic E-state index is 0.156. The van der Waals surface area contributed by atoms with Gasteiger partial charge in [-0.25, -0.2) is 0 Å². The van der Waals surface area contributed by atoms with Crippen molar-refractivity contribution in [2.45, 2.75) is 12.0 Å². The predicted molar refractivity (Wildman–Crippen MR) is 46.3 cm³/mol. The first-order chi connectivity index (χ1) is 5.25. The standard InChI is InChI=1S/C9H15NO/c1-4-6-9(7-11-8-9)10(3)5-2/h4-5H,1-2,6-8H2,3H3. The van der Waals surface area contributed by atoms with Crippen LogP contribution >= 0.6 is 0 Å². The van der Waals surface area contributed by atoms with Gasteiger partial charge in [0.25, 0.3) is 0 Å². The van der Waals surface area contributed by atoms with Crippen molar-refractivity contribution in [1.82, 2.24) is 4.90 Å². The number of nitrogens with zero attached hydrogens (tertiary/aromatic N) is 1. The summed E-state index contributed by atoms with van der Waals surface area (Å²) in [5.41, 5.74) is 0.156. The van der Waals surface area contributed by atoms with Crippen molar-refractivity contribution >= 4 is 0 Å². The molecule has 0 spiro atoms. The van der Waals surface area contributed by atoms with Gasteiger partial charge in [0, 0.05) is 7.05 Å². The van der Waals surface area contributed by atoms with Crippen LogP contribution in [0.2, 0.25) is 0 Å². The number of rotatable bonds is 4. The largest absolute Gasteiger partial charge is 0.376 e. The van der Waals surface area contributed by atoms with E-state index in [2.05, 4.69) is 18.1 Å². The summed E-state index contributed by atoms with van der Waals surface area (Å²) in [6.45, 7) is 9.04. The fraction of sp³-hybridized carbons (Fsp3) is 0.556. The summed E-state index contributed by atoms with van der Waals surface area (Å²) in [4.78, 5) is 2.11. The first-order valence-corrected chi connectivity index (χ1v) is 3.79. The predicted octanol–water partition coefficient (Wildman–Crippen LogP) is 1.41. The fourth-order valence-electron chi connectivity index (χ4n) is 1.27. The second-order valence-electron chi connectivity index (χ2n) is 3.00. The van der Waals surface area contributed by atoms with Gasteiger partial charge >= 0.3 is 0 Å². The highest BCUT2D eigenvalue weighted by Crippen LogP contribution is 2.27. The molecule has 11 heavy (non-hydrogen) atoms. The van der Waals surface area contributed by atoms with Crippen LogP contribution in [0.25, 0.3) is 0 Å². The Bertz CT molecular complexity index is 161. The van der Waals surface area contributed by atoms with Crippen molar-refractivity contribution in [3.8, 4) is 0 Å². The van der Waals surface area contributed by atoms with E-state index in [1.54, 1.807) is 0 Å². The summed E-state index contributed by atoms with van der Waals surface area (Å²) in [5, 5.41) is 0. The van der Waals surface area contributed by atoms with Gasteiger partial charge in [-0.3, -0.25) is 0 Å². The summed E-state index contributed by atoms with van der Waals surface area (Å²) in [5.74, 6) is 0. The monoisotopic (exact) mass is 153 g/mol. The topological polar surface area (TPSA) is 12.5 Å². The first-order valence-electron chi connectivity index (χ1n) is 3.79. The van der Waals surface area contributed by atoms with E-state index in [1.165, 1.54) is 0 Å². The molecule has 2 heteroatoms. The molecule has 1 fully saturated rings. The Hall–Kier alpha value is -0.760. The van der Waals surface area contributed by atoms with E-state index >= 15 is 0 Å². The highest BCUT2D eigenvalue weighted by molar-refractivity contribution is 5.02. The van der Waals surface area contributed by atoms with Gasteiger partial charge < -0.3 is 9.64 Å². The van der Waals surface area contributed by atoms with Crippen LogP contribution in [-0.4, -0.2) is 30.7 Å². The van der Waals surface area contributed by atoms with Crippen molar-refractivity contribution in [2.75, 3.05) is 20.3 Å². The Morgan fingerprint density at radius 1 is 1.55 bits per heavy atom. The number of hydrogen-bond acceptors (Lipinski definition) is 2. The highest BCUT2D eigenvalue weighted by Gasteiger charge is 2.39. The fourth-order valence-corrected chi connectivity index (χ4v) is 1.27. The molecule has 1 heterocycles. The lowest BCUT2D eigenvalue weighted by molar-refractivity contribution is -0.115. The van der Waals surface area contributed by atoms with Gasteiger partial charge in [0.15, 0.2) is 0 Å². The Balaban J connectivity index is 2.58. The summed E-state index contributed by atoms with van der Waals surface area (Å²) < 4.78 is 5.18. The zero-order valence-corrected chi connectivity index (χ0v) is 7.05.